The fourth-order valence-electron chi connectivity index (χ4n) is 1.41. The maximum atomic E-state index is 11.8. The van der Waals surface area contributed by atoms with Crippen LogP contribution in [0.4, 0.5) is 11.4 Å². The molecule has 6 heteroatoms. The summed E-state index contributed by atoms with van der Waals surface area (Å²) in [6, 6.07) is 1.80. The molecule has 1 N–H and O–H groups in total. The van der Waals surface area contributed by atoms with Crippen LogP contribution in [-0.2, 0) is 9.53 Å². The largest absolute Gasteiger partial charge is 0.479 e. The fraction of sp³-hybridized carbons (Fsp3) is 0.500. The number of aromatic nitrogens is 1. The number of nitrogens with one attached hydrogen (secondary N) is 1. The fourth-order valence-corrected chi connectivity index (χ4v) is 1.41. The van der Waals surface area contributed by atoms with E-state index in [9.17, 15) is 4.79 Å². The van der Waals surface area contributed by atoms with Gasteiger partial charge in [0.1, 0.15) is 11.8 Å². The summed E-state index contributed by atoms with van der Waals surface area (Å²) < 4.78 is 10.1. The first kappa shape index (κ1) is 14.2. The predicted molar refractivity (Wildman–Crippen MR) is 70.2 cm³/mol. The van der Waals surface area contributed by atoms with Crippen LogP contribution in [0.25, 0.3) is 0 Å². The minimum Gasteiger partial charge on any atom is -0.479 e. The van der Waals surface area contributed by atoms with Crippen LogP contribution >= 0.6 is 0 Å². The summed E-state index contributed by atoms with van der Waals surface area (Å²) >= 11 is 0. The Kier molecular flexibility index (Phi) is 4.91. The molecule has 6 nitrogen and oxygen atoms in total. The molecule has 0 bridgehead atoms. The van der Waals surface area contributed by atoms with Crippen molar-refractivity contribution in [3.8, 4) is 5.88 Å². The van der Waals surface area contributed by atoms with Crippen LogP contribution in [-0.4, -0.2) is 45.3 Å². The molecule has 0 saturated heterocycles. The summed E-state index contributed by atoms with van der Waals surface area (Å²) in [5, 5.41) is 2.77. The predicted octanol–water partition coefficient (Wildman–Crippen LogP) is 1.13. The second-order valence-electron chi connectivity index (χ2n) is 3.98. The Hall–Kier alpha value is -1.82. The molecule has 0 radical (unpaired) electrons. The molecule has 1 aromatic heterocycles. The molecule has 1 heterocycles. The molecule has 0 aromatic carbocycles. The van der Waals surface area contributed by atoms with Gasteiger partial charge in [0.25, 0.3) is 5.91 Å². The molecule has 0 fully saturated rings. The first-order chi connectivity index (χ1) is 8.51. The van der Waals surface area contributed by atoms with E-state index in [4.69, 9.17) is 9.47 Å². The van der Waals surface area contributed by atoms with Gasteiger partial charge in [-0.3, -0.25) is 4.79 Å². The van der Waals surface area contributed by atoms with Gasteiger partial charge in [-0.15, -0.1) is 0 Å². The first-order valence-electron chi connectivity index (χ1n) is 5.55. The lowest BCUT2D eigenvalue weighted by molar-refractivity contribution is -0.124. The number of amides is 1. The molecule has 100 valence electrons. The molecule has 1 atom stereocenters. The van der Waals surface area contributed by atoms with E-state index in [0.717, 1.165) is 5.69 Å². The molecule has 1 rings (SSSR count). The molecular formula is C12H19N3O3. The Bertz CT molecular complexity index is 421. The van der Waals surface area contributed by atoms with Gasteiger partial charge in [0, 0.05) is 27.4 Å². The first-order valence-corrected chi connectivity index (χ1v) is 5.55. The molecule has 0 spiro atoms. The number of nitrogens with zero attached hydrogens (tertiary/aromatic N) is 2. The molecule has 1 amide bonds. The minimum absolute atomic E-state index is 0.244. The third-order valence-corrected chi connectivity index (χ3v) is 2.54. The molecule has 18 heavy (non-hydrogen) atoms. The third-order valence-electron chi connectivity index (χ3n) is 2.54. The van der Waals surface area contributed by atoms with Gasteiger partial charge in [0.2, 0.25) is 5.88 Å². The minimum atomic E-state index is -0.537. The summed E-state index contributed by atoms with van der Waals surface area (Å²) in [6.45, 7) is 1.67. The standard InChI is InChI=1S/C12H19N3O3/c1-8(17-4)11(16)14-10-9(15(2)3)6-7-13-12(10)18-5/h6-8H,1-5H3,(H,14,16). The number of hydrogen-bond donors (Lipinski definition) is 1. The van der Waals surface area contributed by atoms with Crippen LogP contribution in [0.5, 0.6) is 5.88 Å². The molecule has 0 saturated carbocycles. The van der Waals surface area contributed by atoms with E-state index in [0.29, 0.717) is 11.6 Å². The van der Waals surface area contributed by atoms with Gasteiger partial charge in [-0.2, -0.15) is 0 Å². The van der Waals surface area contributed by atoms with Crippen LogP contribution in [0.3, 0.4) is 0 Å². The van der Waals surface area contributed by atoms with Gasteiger partial charge < -0.3 is 19.7 Å². The summed E-state index contributed by atoms with van der Waals surface area (Å²) in [5.41, 5.74) is 1.36. The number of ether oxygens (including phenoxy) is 2. The van der Waals surface area contributed by atoms with Crippen LogP contribution in [0.15, 0.2) is 12.3 Å². The second-order valence-corrected chi connectivity index (χ2v) is 3.98. The van der Waals surface area contributed by atoms with Crippen molar-refractivity contribution in [3.63, 3.8) is 0 Å². The quantitative estimate of drug-likeness (QED) is 0.852. The van der Waals surface area contributed by atoms with Gasteiger partial charge in [-0.1, -0.05) is 0 Å². The zero-order chi connectivity index (χ0) is 13.7. The zero-order valence-corrected chi connectivity index (χ0v) is 11.4. The lowest BCUT2D eigenvalue weighted by Gasteiger charge is -2.20. The van der Waals surface area contributed by atoms with E-state index >= 15 is 0 Å². The monoisotopic (exact) mass is 253 g/mol. The van der Waals surface area contributed by atoms with Crippen LogP contribution < -0.4 is 15.0 Å². The van der Waals surface area contributed by atoms with Crippen molar-refractivity contribution in [2.45, 2.75) is 13.0 Å². The Morgan fingerprint density at radius 2 is 2.11 bits per heavy atom. The van der Waals surface area contributed by atoms with Crippen LogP contribution in [0, 0.1) is 0 Å². The van der Waals surface area contributed by atoms with E-state index < -0.39 is 6.10 Å². The maximum absolute atomic E-state index is 11.8. The number of rotatable bonds is 5. The van der Waals surface area contributed by atoms with Crippen molar-refractivity contribution in [3.05, 3.63) is 12.3 Å². The van der Waals surface area contributed by atoms with E-state index in [1.165, 1.54) is 14.2 Å². The average molecular weight is 253 g/mol. The summed E-state index contributed by atoms with van der Waals surface area (Å²) in [7, 11) is 6.75. The smallest absolute Gasteiger partial charge is 0.253 e. The Morgan fingerprint density at radius 1 is 1.44 bits per heavy atom. The van der Waals surface area contributed by atoms with E-state index in [1.54, 1.807) is 19.2 Å². The molecule has 1 unspecified atom stereocenters. The zero-order valence-electron chi connectivity index (χ0n) is 11.4. The van der Waals surface area contributed by atoms with Gasteiger partial charge in [0.05, 0.1) is 12.8 Å². The van der Waals surface area contributed by atoms with Crippen molar-refractivity contribution in [2.75, 3.05) is 38.5 Å². The molecule has 0 aliphatic heterocycles. The third kappa shape index (κ3) is 3.10. The van der Waals surface area contributed by atoms with Crippen molar-refractivity contribution in [2.24, 2.45) is 0 Å². The van der Waals surface area contributed by atoms with Gasteiger partial charge in [-0.25, -0.2) is 4.98 Å². The second kappa shape index (κ2) is 6.20. The van der Waals surface area contributed by atoms with Crippen molar-refractivity contribution < 1.29 is 14.3 Å². The van der Waals surface area contributed by atoms with Crippen molar-refractivity contribution >= 4 is 17.3 Å². The summed E-state index contributed by atoms with van der Waals surface area (Å²) in [4.78, 5) is 17.8. The molecule has 0 aliphatic rings. The Labute approximate surface area is 107 Å². The number of anilines is 2. The van der Waals surface area contributed by atoms with Gasteiger partial charge >= 0.3 is 0 Å². The van der Waals surface area contributed by atoms with E-state index in [-0.39, 0.29) is 5.91 Å². The molecule has 0 aliphatic carbocycles. The molecular weight excluding hydrogens is 234 g/mol. The van der Waals surface area contributed by atoms with Gasteiger partial charge in [-0.05, 0) is 13.0 Å². The maximum Gasteiger partial charge on any atom is 0.253 e. The normalized spacial score (nSPS) is 11.8. The Balaban J connectivity index is 3.08. The SMILES string of the molecule is COc1nccc(N(C)C)c1NC(=O)C(C)OC. The number of pyridine rings is 1. The number of hydrogen-bond acceptors (Lipinski definition) is 5. The van der Waals surface area contributed by atoms with Crippen molar-refractivity contribution in [1.82, 2.24) is 4.98 Å². The Morgan fingerprint density at radius 3 is 2.61 bits per heavy atom. The van der Waals surface area contributed by atoms with E-state index in [2.05, 4.69) is 10.3 Å². The highest BCUT2D eigenvalue weighted by atomic mass is 16.5. The number of carbonyl (C=O) groups is 1. The van der Waals surface area contributed by atoms with Crippen LogP contribution in [0.1, 0.15) is 6.92 Å². The topological polar surface area (TPSA) is 63.7 Å². The highest BCUT2D eigenvalue weighted by molar-refractivity contribution is 5.98. The average Bonchev–Trinajstić information content (AvgIpc) is 2.37. The highest BCUT2D eigenvalue weighted by Gasteiger charge is 2.18. The lowest BCUT2D eigenvalue weighted by atomic mass is 10.3. The summed E-state index contributed by atoms with van der Waals surface area (Å²) in [5.74, 6) is 0.129. The van der Waals surface area contributed by atoms with E-state index in [1.807, 2.05) is 19.0 Å². The lowest BCUT2D eigenvalue weighted by Crippen LogP contribution is -2.28. The number of methoxy groups -OCH3 is 2. The highest BCUT2D eigenvalue weighted by Crippen LogP contribution is 2.32. The molecule has 1 aromatic rings. The number of carbonyl (C=O) groups excluding carboxylic acids is 1. The van der Waals surface area contributed by atoms with Crippen molar-refractivity contribution in [1.29, 1.82) is 0 Å². The van der Waals surface area contributed by atoms with Crippen LogP contribution in [0.2, 0.25) is 0 Å². The summed E-state index contributed by atoms with van der Waals surface area (Å²) in [6.07, 6.45) is 1.09. The van der Waals surface area contributed by atoms with Gasteiger partial charge in [0.15, 0.2) is 0 Å².